The topological polar surface area (TPSA) is 22.1 Å². The van der Waals surface area contributed by atoms with E-state index in [1.807, 2.05) is 31.2 Å². The summed E-state index contributed by atoms with van der Waals surface area (Å²) in [6.07, 6.45) is 3.44. The molecule has 0 saturated carbocycles. The van der Waals surface area contributed by atoms with Crippen LogP contribution in [0.4, 0.5) is 0 Å². The Morgan fingerprint density at radius 3 is 2.81 bits per heavy atom. The number of rotatable bonds is 3. The van der Waals surface area contributed by atoms with Crippen LogP contribution in [0.1, 0.15) is 11.1 Å². The van der Waals surface area contributed by atoms with Gasteiger partial charge in [0.1, 0.15) is 11.5 Å². The fourth-order valence-corrected chi connectivity index (χ4v) is 1.79. The van der Waals surface area contributed by atoms with Gasteiger partial charge in [-0.1, -0.05) is 28.1 Å². The van der Waals surface area contributed by atoms with Gasteiger partial charge in [0.25, 0.3) is 0 Å². The van der Waals surface area contributed by atoms with Gasteiger partial charge in [0.05, 0.1) is 6.20 Å². The molecular formula is C13H12BrNO. The summed E-state index contributed by atoms with van der Waals surface area (Å²) in [4.78, 5) is 4.01. The first-order valence-electron chi connectivity index (χ1n) is 5.03. The van der Waals surface area contributed by atoms with Crippen LogP contribution >= 0.6 is 15.9 Å². The van der Waals surface area contributed by atoms with Crippen molar-refractivity contribution in [3.63, 3.8) is 0 Å². The first-order valence-corrected chi connectivity index (χ1v) is 6.15. The standard InChI is InChI=1S/C13H12BrNO/c1-10-7-11(8-14)4-5-13(10)16-12-3-2-6-15-9-12/h2-7,9H,8H2,1H3. The van der Waals surface area contributed by atoms with Gasteiger partial charge in [-0.25, -0.2) is 0 Å². The lowest BCUT2D eigenvalue weighted by atomic mass is 10.1. The summed E-state index contributed by atoms with van der Waals surface area (Å²) >= 11 is 3.43. The minimum Gasteiger partial charge on any atom is -0.455 e. The van der Waals surface area contributed by atoms with Gasteiger partial charge in [-0.3, -0.25) is 4.98 Å². The predicted octanol–water partition coefficient (Wildman–Crippen LogP) is 4.08. The number of hydrogen-bond acceptors (Lipinski definition) is 2. The molecule has 0 saturated heterocycles. The Balaban J connectivity index is 2.22. The Labute approximate surface area is 103 Å². The number of aryl methyl sites for hydroxylation is 1. The Bertz CT molecular complexity index is 471. The van der Waals surface area contributed by atoms with Crippen LogP contribution in [0.25, 0.3) is 0 Å². The largest absolute Gasteiger partial charge is 0.455 e. The lowest BCUT2D eigenvalue weighted by Crippen LogP contribution is -1.89. The molecule has 2 aromatic rings. The zero-order valence-electron chi connectivity index (χ0n) is 8.98. The number of alkyl halides is 1. The van der Waals surface area contributed by atoms with Crippen molar-refractivity contribution in [2.75, 3.05) is 0 Å². The average molecular weight is 278 g/mol. The number of halogens is 1. The molecule has 16 heavy (non-hydrogen) atoms. The normalized spacial score (nSPS) is 10.1. The molecular weight excluding hydrogens is 266 g/mol. The summed E-state index contributed by atoms with van der Waals surface area (Å²) in [5.74, 6) is 1.63. The fraction of sp³-hybridized carbons (Fsp3) is 0.154. The molecule has 0 aliphatic heterocycles. The van der Waals surface area contributed by atoms with Gasteiger partial charge in [-0.05, 0) is 36.2 Å². The molecule has 0 atom stereocenters. The molecule has 0 radical (unpaired) electrons. The number of benzene rings is 1. The highest BCUT2D eigenvalue weighted by Crippen LogP contribution is 2.25. The maximum absolute atomic E-state index is 5.73. The van der Waals surface area contributed by atoms with Crippen molar-refractivity contribution in [2.24, 2.45) is 0 Å². The quantitative estimate of drug-likeness (QED) is 0.789. The first-order chi connectivity index (χ1) is 7.79. The molecule has 0 aliphatic carbocycles. The SMILES string of the molecule is Cc1cc(CBr)ccc1Oc1cccnc1. The molecule has 0 amide bonds. The molecule has 0 bridgehead atoms. The zero-order chi connectivity index (χ0) is 11.4. The summed E-state index contributed by atoms with van der Waals surface area (Å²) in [5, 5.41) is 0.862. The van der Waals surface area contributed by atoms with E-state index in [2.05, 4.69) is 27.0 Å². The molecule has 0 spiro atoms. The Kier molecular flexibility index (Phi) is 3.57. The maximum Gasteiger partial charge on any atom is 0.145 e. The van der Waals surface area contributed by atoms with Crippen LogP contribution < -0.4 is 4.74 Å². The van der Waals surface area contributed by atoms with Gasteiger partial charge in [0.2, 0.25) is 0 Å². The molecule has 2 rings (SSSR count). The molecule has 1 aromatic heterocycles. The van der Waals surface area contributed by atoms with Crippen molar-refractivity contribution in [3.05, 3.63) is 53.9 Å². The molecule has 1 heterocycles. The lowest BCUT2D eigenvalue weighted by molar-refractivity contribution is 0.476. The number of hydrogen-bond donors (Lipinski definition) is 0. The molecule has 0 N–H and O–H groups in total. The maximum atomic E-state index is 5.73. The van der Waals surface area contributed by atoms with Crippen molar-refractivity contribution in [3.8, 4) is 11.5 Å². The third kappa shape index (κ3) is 2.61. The van der Waals surface area contributed by atoms with E-state index in [0.717, 1.165) is 22.4 Å². The minimum absolute atomic E-state index is 0.761. The smallest absolute Gasteiger partial charge is 0.145 e. The van der Waals surface area contributed by atoms with E-state index in [4.69, 9.17) is 4.74 Å². The molecule has 0 unspecified atom stereocenters. The zero-order valence-corrected chi connectivity index (χ0v) is 10.6. The van der Waals surface area contributed by atoms with Crippen LogP contribution in [0.5, 0.6) is 11.5 Å². The second-order valence-corrected chi connectivity index (χ2v) is 4.09. The van der Waals surface area contributed by atoms with E-state index >= 15 is 0 Å². The molecule has 2 nitrogen and oxygen atoms in total. The number of ether oxygens (including phenoxy) is 1. The highest BCUT2D eigenvalue weighted by Gasteiger charge is 2.02. The van der Waals surface area contributed by atoms with Crippen molar-refractivity contribution < 1.29 is 4.74 Å². The molecule has 3 heteroatoms. The van der Waals surface area contributed by atoms with Crippen molar-refractivity contribution in [2.45, 2.75) is 12.3 Å². The van der Waals surface area contributed by atoms with E-state index < -0.39 is 0 Å². The van der Waals surface area contributed by atoms with E-state index in [0.29, 0.717) is 0 Å². The highest BCUT2D eigenvalue weighted by atomic mass is 79.9. The van der Waals surface area contributed by atoms with Crippen LogP contribution in [0.15, 0.2) is 42.7 Å². The van der Waals surface area contributed by atoms with Crippen LogP contribution in [-0.4, -0.2) is 4.98 Å². The van der Waals surface area contributed by atoms with Gasteiger partial charge >= 0.3 is 0 Å². The average Bonchev–Trinajstić information content (AvgIpc) is 2.33. The molecule has 0 fully saturated rings. The van der Waals surface area contributed by atoms with E-state index in [-0.39, 0.29) is 0 Å². The van der Waals surface area contributed by atoms with E-state index in [1.165, 1.54) is 5.56 Å². The van der Waals surface area contributed by atoms with E-state index in [9.17, 15) is 0 Å². The Morgan fingerprint density at radius 1 is 1.31 bits per heavy atom. The molecule has 82 valence electrons. The van der Waals surface area contributed by atoms with Gasteiger partial charge in [0.15, 0.2) is 0 Å². The number of aromatic nitrogens is 1. The highest BCUT2D eigenvalue weighted by molar-refractivity contribution is 9.08. The molecule has 1 aromatic carbocycles. The summed E-state index contributed by atoms with van der Waals surface area (Å²) in [5.41, 5.74) is 2.37. The Morgan fingerprint density at radius 2 is 2.19 bits per heavy atom. The third-order valence-electron chi connectivity index (χ3n) is 2.26. The van der Waals surface area contributed by atoms with Crippen molar-refractivity contribution in [1.82, 2.24) is 4.98 Å². The van der Waals surface area contributed by atoms with Gasteiger partial charge in [-0.2, -0.15) is 0 Å². The van der Waals surface area contributed by atoms with Gasteiger partial charge < -0.3 is 4.74 Å². The lowest BCUT2D eigenvalue weighted by Gasteiger charge is -2.09. The van der Waals surface area contributed by atoms with Gasteiger partial charge in [0, 0.05) is 11.5 Å². The monoisotopic (exact) mass is 277 g/mol. The predicted molar refractivity (Wildman–Crippen MR) is 68.1 cm³/mol. The summed E-state index contributed by atoms with van der Waals surface area (Å²) in [7, 11) is 0. The fourth-order valence-electron chi connectivity index (χ4n) is 1.44. The van der Waals surface area contributed by atoms with Crippen LogP contribution in [-0.2, 0) is 5.33 Å². The second-order valence-electron chi connectivity index (χ2n) is 3.52. The molecule has 0 aliphatic rings. The van der Waals surface area contributed by atoms with Crippen molar-refractivity contribution in [1.29, 1.82) is 0 Å². The second kappa shape index (κ2) is 5.12. The minimum atomic E-state index is 0.761. The number of nitrogens with zero attached hydrogens (tertiary/aromatic N) is 1. The third-order valence-corrected chi connectivity index (χ3v) is 2.90. The summed E-state index contributed by atoms with van der Waals surface area (Å²) in [6, 6.07) is 9.90. The first kappa shape index (κ1) is 11.1. The van der Waals surface area contributed by atoms with Crippen LogP contribution in [0.3, 0.4) is 0 Å². The van der Waals surface area contributed by atoms with Crippen molar-refractivity contribution >= 4 is 15.9 Å². The summed E-state index contributed by atoms with van der Waals surface area (Å²) < 4.78 is 5.73. The summed E-state index contributed by atoms with van der Waals surface area (Å²) in [6.45, 7) is 2.04. The number of pyridine rings is 1. The van der Waals surface area contributed by atoms with Crippen LogP contribution in [0, 0.1) is 6.92 Å². The van der Waals surface area contributed by atoms with Crippen LogP contribution in [0.2, 0.25) is 0 Å². The Hall–Kier alpha value is -1.35. The van der Waals surface area contributed by atoms with Gasteiger partial charge in [-0.15, -0.1) is 0 Å². The van der Waals surface area contributed by atoms with E-state index in [1.54, 1.807) is 12.4 Å².